The van der Waals surface area contributed by atoms with Crippen molar-refractivity contribution in [2.75, 3.05) is 24.6 Å². The van der Waals surface area contributed by atoms with Crippen LogP contribution in [0, 0.1) is 5.92 Å². The minimum atomic E-state index is -0.983. The summed E-state index contributed by atoms with van der Waals surface area (Å²) in [6.45, 7) is 1.73. The molecule has 1 saturated heterocycles. The molecule has 2 N–H and O–H groups in total. The molecule has 1 aliphatic heterocycles. The fourth-order valence-corrected chi connectivity index (χ4v) is 2.57. The number of benzene rings is 1. The molecule has 1 aromatic heterocycles. The van der Waals surface area contributed by atoms with Gasteiger partial charge in [0.15, 0.2) is 5.58 Å². The molecule has 0 amide bonds. The molecule has 2 heterocycles. The molecule has 20 heavy (non-hydrogen) atoms. The number of nitrogens with zero attached hydrogens (tertiary/aromatic N) is 2. The van der Waals surface area contributed by atoms with Crippen LogP contribution in [-0.2, 0) is 0 Å². The summed E-state index contributed by atoms with van der Waals surface area (Å²) in [5.41, 5.74) is 1.31. The Kier molecular flexibility index (Phi) is 3.31. The Balaban J connectivity index is 1.90. The highest BCUT2D eigenvalue weighted by Gasteiger charge is 2.23. The third-order valence-electron chi connectivity index (χ3n) is 3.67. The van der Waals surface area contributed by atoms with Crippen LogP contribution in [0.15, 0.2) is 22.6 Å². The maximum Gasteiger partial charge on any atom is 0.335 e. The zero-order valence-corrected chi connectivity index (χ0v) is 11.0. The second-order valence-corrected chi connectivity index (χ2v) is 5.12. The fourth-order valence-electron chi connectivity index (χ4n) is 2.57. The summed E-state index contributed by atoms with van der Waals surface area (Å²) in [5, 5.41) is 18.2. The van der Waals surface area contributed by atoms with Crippen LogP contribution in [0.3, 0.4) is 0 Å². The predicted molar refractivity (Wildman–Crippen MR) is 73.0 cm³/mol. The van der Waals surface area contributed by atoms with E-state index < -0.39 is 5.97 Å². The highest BCUT2D eigenvalue weighted by molar-refractivity contribution is 5.92. The minimum absolute atomic E-state index is 0.167. The quantitative estimate of drug-likeness (QED) is 0.888. The second kappa shape index (κ2) is 5.13. The van der Waals surface area contributed by atoms with Gasteiger partial charge < -0.3 is 19.5 Å². The number of carboxylic acids is 1. The summed E-state index contributed by atoms with van der Waals surface area (Å²) in [6.07, 6.45) is 2.00. The van der Waals surface area contributed by atoms with Gasteiger partial charge in [0.25, 0.3) is 6.01 Å². The Morgan fingerprint density at radius 1 is 1.50 bits per heavy atom. The lowest BCUT2D eigenvalue weighted by Gasteiger charge is -2.30. The van der Waals surface area contributed by atoms with E-state index in [9.17, 15) is 9.90 Å². The van der Waals surface area contributed by atoms with E-state index in [-0.39, 0.29) is 18.1 Å². The van der Waals surface area contributed by atoms with Gasteiger partial charge in [-0.15, -0.1) is 0 Å². The molecule has 106 valence electrons. The first-order valence-electron chi connectivity index (χ1n) is 6.67. The third-order valence-corrected chi connectivity index (χ3v) is 3.67. The first-order valence-corrected chi connectivity index (χ1v) is 6.67. The lowest BCUT2D eigenvalue weighted by Crippen LogP contribution is -2.36. The van der Waals surface area contributed by atoms with Crippen LogP contribution in [0.5, 0.6) is 0 Å². The van der Waals surface area contributed by atoms with Crippen LogP contribution >= 0.6 is 0 Å². The SMILES string of the molecule is O=C(O)c1ccc2nc(N3CCCC(CO)C3)oc2c1. The number of aliphatic hydroxyl groups is 1. The van der Waals surface area contributed by atoms with E-state index in [4.69, 9.17) is 9.52 Å². The average Bonchev–Trinajstić information content (AvgIpc) is 2.90. The summed E-state index contributed by atoms with van der Waals surface area (Å²) in [4.78, 5) is 17.3. The average molecular weight is 276 g/mol. The lowest BCUT2D eigenvalue weighted by atomic mass is 10.00. The van der Waals surface area contributed by atoms with Crippen molar-refractivity contribution in [3.05, 3.63) is 23.8 Å². The second-order valence-electron chi connectivity index (χ2n) is 5.12. The first-order chi connectivity index (χ1) is 9.67. The molecule has 0 bridgehead atoms. The van der Waals surface area contributed by atoms with Gasteiger partial charge in [-0.05, 0) is 37.0 Å². The smallest absolute Gasteiger partial charge is 0.335 e. The summed E-state index contributed by atoms with van der Waals surface area (Å²) in [7, 11) is 0. The van der Waals surface area contributed by atoms with Gasteiger partial charge in [-0.1, -0.05) is 0 Å². The van der Waals surface area contributed by atoms with Crippen LogP contribution in [0.25, 0.3) is 11.1 Å². The molecule has 0 aliphatic carbocycles. The van der Waals surface area contributed by atoms with Crippen LogP contribution in [0.4, 0.5) is 6.01 Å². The molecule has 1 aliphatic rings. The summed E-state index contributed by atoms with van der Waals surface area (Å²) >= 11 is 0. The first kappa shape index (κ1) is 12.9. The van der Waals surface area contributed by atoms with Crippen LogP contribution in [-0.4, -0.2) is 40.9 Å². The summed E-state index contributed by atoms with van der Waals surface area (Å²) < 4.78 is 5.66. The summed E-state index contributed by atoms with van der Waals surface area (Å²) in [5.74, 6) is -0.739. The monoisotopic (exact) mass is 276 g/mol. The van der Waals surface area contributed by atoms with Crippen LogP contribution < -0.4 is 4.90 Å². The fraction of sp³-hybridized carbons (Fsp3) is 0.429. The number of aromatic nitrogens is 1. The van der Waals surface area contributed by atoms with E-state index in [1.165, 1.54) is 12.1 Å². The van der Waals surface area contributed by atoms with Crippen molar-refractivity contribution < 1.29 is 19.4 Å². The van der Waals surface area contributed by atoms with Gasteiger partial charge >= 0.3 is 5.97 Å². The predicted octanol–water partition coefficient (Wildman–Crippen LogP) is 1.73. The molecule has 1 aromatic carbocycles. The molecule has 1 atom stereocenters. The number of anilines is 1. The summed E-state index contributed by atoms with van der Waals surface area (Å²) in [6, 6.07) is 5.16. The molecule has 6 nitrogen and oxygen atoms in total. The zero-order valence-electron chi connectivity index (χ0n) is 11.0. The molecule has 1 unspecified atom stereocenters. The molecule has 3 rings (SSSR count). The van der Waals surface area contributed by atoms with Crippen molar-refractivity contribution in [3.63, 3.8) is 0 Å². The van der Waals surface area contributed by atoms with Gasteiger partial charge in [0.2, 0.25) is 0 Å². The van der Waals surface area contributed by atoms with Gasteiger partial charge in [0.1, 0.15) is 5.52 Å². The van der Waals surface area contributed by atoms with Crippen molar-refractivity contribution in [1.82, 2.24) is 4.98 Å². The molecular formula is C14H16N2O4. The van der Waals surface area contributed by atoms with Crippen molar-refractivity contribution in [2.24, 2.45) is 5.92 Å². The van der Waals surface area contributed by atoms with E-state index in [0.29, 0.717) is 17.1 Å². The molecule has 0 radical (unpaired) electrons. The Labute approximate surface area is 115 Å². The van der Waals surface area contributed by atoms with Crippen LogP contribution in [0.1, 0.15) is 23.2 Å². The number of fused-ring (bicyclic) bond motifs is 1. The Morgan fingerprint density at radius 3 is 3.10 bits per heavy atom. The molecule has 0 saturated carbocycles. The molecule has 1 fully saturated rings. The van der Waals surface area contributed by atoms with Gasteiger partial charge in [-0.3, -0.25) is 0 Å². The third kappa shape index (κ3) is 2.34. The van der Waals surface area contributed by atoms with Crippen molar-refractivity contribution >= 4 is 23.1 Å². The number of aromatic carboxylic acids is 1. The molecular weight excluding hydrogens is 260 g/mol. The molecule has 2 aromatic rings. The normalized spacial score (nSPS) is 19.4. The number of aliphatic hydroxyl groups excluding tert-OH is 1. The number of carbonyl (C=O) groups is 1. The van der Waals surface area contributed by atoms with E-state index in [1.54, 1.807) is 6.07 Å². The number of hydrogen-bond donors (Lipinski definition) is 2. The van der Waals surface area contributed by atoms with E-state index >= 15 is 0 Å². The van der Waals surface area contributed by atoms with E-state index in [1.807, 2.05) is 4.90 Å². The van der Waals surface area contributed by atoms with Crippen LogP contribution in [0.2, 0.25) is 0 Å². The Hall–Kier alpha value is -2.08. The number of oxazole rings is 1. The van der Waals surface area contributed by atoms with Crippen molar-refractivity contribution in [1.29, 1.82) is 0 Å². The number of hydrogen-bond acceptors (Lipinski definition) is 5. The number of piperidine rings is 1. The highest BCUT2D eigenvalue weighted by atomic mass is 16.4. The maximum atomic E-state index is 10.9. The maximum absolute atomic E-state index is 10.9. The number of rotatable bonds is 3. The van der Waals surface area contributed by atoms with E-state index in [2.05, 4.69) is 4.98 Å². The number of carboxylic acid groups (broad SMARTS) is 1. The molecule has 0 spiro atoms. The van der Waals surface area contributed by atoms with E-state index in [0.717, 1.165) is 25.9 Å². The van der Waals surface area contributed by atoms with Gasteiger partial charge in [-0.25, -0.2) is 4.79 Å². The largest absolute Gasteiger partial charge is 0.478 e. The minimum Gasteiger partial charge on any atom is -0.478 e. The molecule has 6 heteroatoms. The van der Waals surface area contributed by atoms with Gasteiger partial charge in [0.05, 0.1) is 5.56 Å². The lowest BCUT2D eigenvalue weighted by molar-refractivity contribution is 0.0697. The standard InChI is InChI=1S/C14H16N2O4/c17-8-9-2-1-5-16(7-9)14-15-11-4-3-10(13(18)19)6-12(11)20-14/h3-4,6,9,17H,1-2,5,7-8H2,(H,18,19). The topological polar surface area (TPSA) is 86.8 Å². The highest BCUT2D eigenvalue weighted by Crippen LogP contribution is 2.26. The zero-order chi connectivity index (χ0) is 14.1. The van der Waals surface area contributed by atoms with Gasteiger partial charge in [-0.2, -0.15) is 4.98 Å². The van der Waals surface area contributed by atoms with Gasteiger partial charge in [0, 0.05) is 19.7 Å². The Bertz CT molecular complexity index is 637. The van der Waals surface area contributed by atoms with Crippen molar-refractivity contribution in [2.45, 2.75) is 12.8 Å². The Morgan fingerprint density at radius 2 is 2.35 bits per heavy atom. The van der Waals surface area contributed by atoms with Crippen molar-refractivity contribution in [3.8, 4) is 0 Å².